The molecule has 1 saturated carbocycles. The summed E-state index contributed by atoms with van der Waals surface area (Å²) in [5, 5.41) is 14.1. The quantitative estimate of drug-likeness (QED) is 0.784. The fourth-order valence-corrected chi connectivity index (χ4v) is 4.63. The highest BCUT2D eigenvalue weighted by molar-refractivity contribution is 6.30. The van der Waals surface area contributed by atoms with E-state index in [2.05, 4.69) is 16.3 Å². The Morgan fingerprint density at radius 2 is 2.16 bits per heavy atom. The highest BCUT2D eigenvalue weighted by Gasteiger charge is 2.43. The van der Waals surface area contributed by atoms with Crippen molar-refractivity contribution in [1.82, 2.24) is 10.2 Å². The van der Waals surface area contributed by atoms with Crippen molar-refractivity contribution >= 4 is 17.5 Å². The van der Waals surface area contributed by atoms with E-state index in [9.17, 15) is 9.90 Å². The van der Waals surface area contributed by atoms with E-state index in [0.29, 0.717) is 42.8 Å². The third-order valence-electron chi connectivity index (χ3n) is 5.88. The first-order chi connectivity index (χ1) is 12.1. The predicted molar refractivity (Wildman–Crippen MR) is 95.9 cm³/mol. The maximum atomic E-state index is 12.8. The van der Waals surface area contributed by atoms with E-state index in [0.717, 1.165) is 25.7 Å². The molecule has 136 valence electrons. The average Bonchev–Trinajstić information content (AvgIpc) is 3.12. The number of nitrogens with zero attached hydrogens (tertiary/aromatic N) is 1. The van der Waals surface area contributed by atoms with E-state index in [1.165, 1.54) is 0 Å². The number of carbonyl (C=O) groups is 1. The number of halogens is 1. The minimum atomic E-state index is -0.597. The van der Waals surface area contributed by atoms with Gasteiger partial charge in [-0.05, 0) is 25.3 Å². The Kier molecular flexibility index (Phi) is 4.65. The minimum absolute atomic E-state index is 0.0822. The molecule has 0 aromatic rings. The summed E-state index contributed by atoms with van der Waals surface area (Å²) in [6.45, 7) is 1.88. The van der Waals surface area contributed by atoms with Crippen LogP contribution in [0.1, 0.15) is 32.1 Å². The molecule has 2 aliphatic carbocycles. The molecule has 1 amide bonds. The first kappa shape index (κ1) is 17.1. The van der Waals surface area contributed by atoms with E-state index in [-0.39, 0.29) is 17.9 Å². The zero-order valence-corrected chi connectivity index (χ0v) is 15.0. The molecule has 2 N–H and O–H groups in total. The van der Waals surface area contributed by atoms with Crippen molar-refractivity contribution in [1.29, 1.82) is 0 Å². The normalized spacial score (nSPS) is 30.6. The van der Waals surface area contributed by atoms with Crippen molar-refractivity contribution in [3.05, 3.63) is 35.0 Å². The number of amides is 1. The van der Waals surface area contributed by atoms with Gasteiger partial charge in [0, 0.05) is 23.4 Å². The van der Waals surface area contributed by atoms with Gasteiger partial charge in [0.1, 0.15) is 0 Å². The summed E-state index contributed by atoms with van der Waals surface area (Å²) in [4.78, 5) is 15.0. The maximum Gasteiger partial charge on any atom is 0.249 e. The SMILES string of the molecule is O=C(NCCC1(O)CCCC1)C1=CN(C2COC2)C2C=CC=C(Cl)C12. The lowest BCUT2D eigenvalue weighted by molar-refractivity contribution is -0.118. The van der Waals surface area contributed by atoms with Gasteiger partial charge in [0.05, 0.1) is 36.8 Å². The summed E-state index contributed by atoms with van der Waals surface area (Å²) in [5.41, 5.74) is 0.112. The highest BCUT2D eigenvalue weighted by Crippen LogP contribution is 2.41. The van der Waals surface area contributed by atoms with E-state index < -0.39 is 5.60 Å². The Hall–Kier alpha value is -1.30. The van der Waals surface area contributed by atoms with Crippen LogP contribution >= 0.6 is 11.6 Å². The van der Waals surface area contributed by atoms with E-state index in [4.69, 9.17) is 16.3 Å². The molecule has 4 rings (SSSR count). The van der Waals surface area contributed by atoms with Crippen LogP contribution in [0.4, 0.5) is 0 Å². The molecular formula is C19H25ClN2O3. The second kappa shape index (κ2) is 6.78. The molecule has 1 saturated heterocycles. The van der Waals surface area contributed by atoms with Crippen LogP contribution in [-0.2, 0) is 9.53 Å². The molecule has 0 radical (unpaired) electrons. The van der Waals surface area contributed by atoms with Crippen molar-refractivity contribution in [2.45, 2.75) is 49.8 Å². The van der Waals surface area contributed by atoms with Crippen molar-refractivity contribution in [3.63, 3.8) is 0 Å². The van der Waals surface area contributed by atoms with Crippen LogP contribution in [-0.4, -0.2) is 53.4 Å². The highest BCUT2D eigenvalue weighted by atomic mass is 35.5. The Labute approximate surface area is 153 Å². The molecule has 0 spiro atoms. The fraction of sp³-hybridized carbons (Fsp3) is 0.632. The Morgan fingerprint density at radius 3 is 2.84 bits per heavy atom. The molecule has 2 atom stereocenters. The van der Waals surface area contributed by atoms with Crippen LogP contribution in [0.2, 0.25) is 0 Å². The van der Waals surface area contributed by atoms with Crippen molar-refractivity contribution < 1.29 is 14.6 Å². The van der Waals surface area contributed by atoms with Crippen molar-refractivity contribution in [2.75, 3.05) is 19.8 Å². The number of fused-ring (bicyclic) bond motifs is 1. The van der Waals surface area contributed by atoms with Gasteiger partial charge in [-0.2, -0.15) is 0 Å². The number of rotatable bonds is 5. The van der Waals surface area contributed by atoms with Crippen LogP contribution in [0.25, 0.3) is 0 Å². The summed E-state index contributed by atoms with van der Waals surface area (Å²) < 4.78 is 5.31. The van der Waals surface area contributed by atoms with Gasteiger partial charge < -0.3 is 20.1 Å². The second-order valence-corrected chi connectivity index (χ2v) is 8.00. The number of ether oxygens (including phenoxy) is 1. The van der Waals surface area contributed by atoms with Crippen molar-refractivity contribution in [2.24, 2.45) is 5.92 Å². The molecule has 0 aromatic carbocycles. The number of carbonyl (C=O) groups excluding carboxylic acids is 1. The zero-order valence-electron chi connectivity index (χ0n) is 14.3. The minimum Gasteiger partial charge on any atom is -0.390 e. The third-order valence-corrected chi connectivity index (χ3v) is 6.25. The molecule has 4 aliphatic rings. The van der Waals surface area contributed by atoms with Gasteiger partial charge in [-0.1, -0.05) is 36.6 Å². The van der Waals surface area contributed by atoms with E-state index >= 15 is 0 Å². The Bertz CT molecular complexity index is 633. The summed E-state index contributed by atoms with van der Waals surface area (Å²) in [7, 11) is 0. The van der Waals surface area contributed by atoms with Crippen LogP contribution in [0, 0.1) is 5.92 Å². The maximum absolute atomic E-state index is 12.8. The monoisotopic (exact) mass is 364 g/mol. The summed E-state index contributed by atoms with van der Waals surface area (Å²) >= 11 is 6.44. The first-order valence-electron chi connectivity index (χ1n) is 9.19. The molecule has 2 fully saturated rings. The largest absolute Gasteiger partial charge is 0.390 e. The standard InChI is InChI=1S/C19H25ClN2O3/c20-15-4-3-5-16-17(15)14(10-22(16)13-11-25-12-13)18(23)21-9-8-19(24)6-1-2-7-19/h3-5,10,13,16-17,24H,1-2,6-9,11-12H2,(H,21,23). The van der Waals surface area contributed by atoms with Gasteiger partial charge in [-0.25, -0.2) is 0 Å². The van der Waals surface area contributed by atoms with Gasteiger partial charge in [-0.3, -0.25) is 4.79 Å². The number of nitrogens with one attached hydrogen (secondary N) is 1. The number of hydrogen-bond donors (Lipinski definition) is 2. The Balaban J connectivity index is 1.42. The number of aliphatic hydroxyl groups is 1. The van der Waals surface area contributed by atoms with Gasteiger partial charge in [0.25, 0.3) is 0 Å². The summed E-state index contributed by atoms with van der Waals surface area (Å²) in [5.74, 6) is -0.192. The first-order valence-corrected chi connectivity index (χ1v) is 9.57. The fourth-order valence-electron chi connectivity index (χ4n) is 4.31. The molecule has 2 aliphatic heterocycles. The van der Waals surface area contributed by atoms with Crippen LogP contribution in [0.15, 0.2) is 35.0 Å². The van der Waals surface area contributed by atoms with Gasteiger partial charge in [0.2, 0.25) is 5.91 Å². The summed E-state index contributed by atoms with van der Waals surface area (Å²) in [6, 6.07) is 0.399. The van der Waals surface area contributed by atoms with Gasteiger partial charge in [0.15, 0.2) is 0 Å². The van der Waals surface area contributed by atoms with Crippen molar-refractivity contribution in [3.8, 4) is 0 Å². The molecule has 6 heteroatoms. The molecule has 5 nitrogen and oxygen atoms in total. The summed E-state index contributed by atoms with van der Waals surface area (Å²) in [6.07, 6.45) is 12.3. The molecule has 0 aromatic heterocycles. The Morgan fingerprint density at radius 1 is 1.40 bits per heavy atom. The predicted octanol–water partition coefficient (Wildman–Crippen LogP) is 2.07. The van der Waals surface area contributed by atoms with E-state index in [1.54, 1.807) is 0 Å². The van der Waals surface area contributed by atoms with E-state index in [1.807, 2.05) is 18.4 Å². The van der Waals surface area contributed by atoms with Gasteiger partial charge in [-0.15, -0.1) is 0 Å². The lowest BCUT2D eigenvalue weighted by atomic mass is 9.89. The molecule has 2 unspecified atom stereocenters. The zero-order chi connectivity index (χ0) is 17.4. The topological polar surface area (TPSA) is 61.8 Å². The number of allylic oxidation sites excluding steroid dienone is 2. The van der Waals surface area contributed by atoms with Crippen LogP contribution in [0.5, 0.6) is 0 Å². The third kappa shape index (κ3) is 3.25. The lowest BCUT2D eigenvalue weighted by Gasteiger charge is -2.40. The average molecular weight is 365 g/mol. The number of hydrogen-bond acceptors (Lipinski definition) is 4. The lowest BCUT2D eigenvalue weighted by Crippen LogP contribution is -2.50. The molecule has 25 heavy (non-hydrogen) atoms. The second-order valence-electron chi connectivity index (χ2n) is 7.56. The van der Waals surface area contributed by atoms with Crippen LogP contribution < -0.4 is 5.32 Å². The van der Waals surface area contributed by atoms with Crippen LogP contribution in [0.3, 0.4) is 0 Å². The smallest absolute Gasteiger partial charge is 0.249 e. The molecular weight excluding hydrogens is 340 g/mol. The molecule has 0 bridgehead atoms. The molecule has 2 heterocycles. The van der Waals surface area contributed by atoms with Gasteiger partial charge >= 0.3 is 0 Å².